The van der Waals surface area contributed by atoms with Gasteiger partial charge in [0.2, 0.25) is 0 Å². The van der Waals surface area contributed by atoms with Crippen molar-refractivity contribution in [2.75, 3.05) is 0 Å². The van der Waals surface area contributed by atoms with E-state index in [1.807, 2.05) is 38.1 Å². The molecular weight excluding hydrogens is 324 g/mol. The molecule has 0 bridgehead atoms. The molecule has 0 unspecified atom stereocenters. The zero-order chi connectivity index (χ0) is 17.3. The SMILES string of the molecule is C=C(C)Cn1nc(-c2ccncc2Cl)n(-c2ccc(C)cc2)c1=O. The van der Waals surface area contributed by atoms with Crippen molar-refractivity contribution < 1.29 is 0 Å². The Labute approximate surface area is 144 Å². The van der Waals surface area contributed by atoms with E-state index in [9.17, 15) is 4.79 Å². The highest BCUT2D eigenvalue weighted by Crippen LogP contribution is 2.26. The van der Waals surface area contributed by atoms with E-state index < -0.39 is 0 Å². The summed E-state index contributed by atoms with van der Waals surface area (Å²) in [6, 6.07) is 9.44. The van der Waals surface area contributed by atoms with Crippen molar-refractivity contribution in [3.05, 3.63) is 75.9 Å². The molecule has 6 heteroatoms. The van der Waals surface area contributed by atoms with Gasteiger partial charge in [0, 0.05) is 18.0 Å². The number of rotatable bonds is 4. The molecule has 2 heterocycles. The maximum atomic E-state index is 12.9. The highest BCUT2D eigenvalue weighted by atomic mass is 35.5. The second-order valence-electron chi connectivity index (χ2n) is 5.75. The van der Waals surface area contributed by atoms with E-state index in [1.165, 1.54) is 4.68 Å². The van der Waals surface area contributed by atoms with Crippen molar-refractivity contribution in [2.45, 2.75) is 20.4 Å². The minimum absolute atomic E-state index is 0.232. The summed E-state index contributed by atoms with van der Waals surface area (Å²) in [5, 5.41) is 4.92. The van der Waals surface area contributed by atoms with Crippen LogP contribution in [0.5, 0.6) is 0 Å². The Bertz CT molecular complexity index is 954. The van der Waals surface area contributed by atoms with Crippen LogP contribution in [0, 0.1) is 6.92 Å². The lowest BCUT2D eigenvalue weighted by atomic mass is 10.2. The number of hydrogen-bond acceptors (Lipinski definition) is 3. The predicted molar refractivity (Wildman–Crippen MR) is 95.6 cm³/mol. The number of halogens is 1. The average molecular weight is 341 g/mol. The number of pyridine rings is 1. The Morgan fingerprint density at radius 1 is 1.25 bits per heavy atom. The van der Waals surface area contributed by atoms with E-state index in [-0.39, 0.29) is 5.69 Å². The van der Waals surface area contributed by atoms with Gasteiger partial charge in [0.15, 0.2) is 5.82 Å². The molecule has 0 N–H and O–H groups in total. The molecular formula is C18H17ClN4O. The summed E-state index contributed by atoms with van der Waals surface area (Å²) in [4.78, 5) is 16.9. The lowest BCUT2D eigenvalue weighted by Gasteiger charge is -2.07. The first-order valence-corrected chi connectivity index (χ1v) is 7.86. The molecule has 3 aromatic rings. The van der Waals surface area contributed by atoms with Crippen LogP contribution in [0.4, 0.5) is 0 Å². The largest absolute Gasteiger partial charge is 0.351 e. The Balaban J connectivity index is 2.27. The molecule has 0 spiro atoms. The van der Waals surface area contributed by atoms with Crippen molar-refractivity contribution in [3.8, 4) is 17.1 Å². The van der Waals surface area contributed by atoms with Crippen molar-refractivity contribution in [3.63, 3.8) is 0 Å². The highest BCUT2D eigenvalue weighted by Gasteiger charge is 2.18. The van der Waals surface area contributed by atoms with E-state index in [0.29, 0.717) is 23.0 Å². The number of hydrogen-bond donors (Lipinski definition) is 0. The molecule has 24 heavy (non-hydrogen) atoms. The number of aryl methyl sites for hydroxylation is 1. The summed E-state index contributed by atoms with van der Waals surface area (Å²) in [5.41, 5.74) is 3.12. The van der Waals surface area contributed by atoms with E-state index in [2.05, 4.69) is 16.7 Å². The Morgan fingerprint density at radius 2 is 1.96 bits per heavy atom. The lowest BCUT2D eigenvalue weighted by molar-refractivity contribution is 0.647. The van der Waals surface area contributed by atoms with Gasteiger partial charge in [0.25, 0.3) is 0 Å². The standard InChI is InChI=1S/C18H17ClN4O/c1-12(2)11-22-18(24)23(14-6-4-13(3)5-7-14)17(21-22)15-8-9-20-10-16(15)19/h4-10H,1,11H2,2-3H3. The molecule has 122 valence electrons. The second kappa shape index (κ2) is 6.45. The molecule has 5 nitrogen and oxygen atoms in total. The fourth-order valence-electron chi connectivity index (χ4n) is 2.42. The fraction of sp³-hybridized carbons (Fsp3) is 0.167. The van der Waals surface area contributed by atoms with Crippen LogP contribution < -0.4 is 5.69 Å². The average Bonchev–Trinajstić information content (AvgIpc) is 2.85. The number of allylic oxidation sites excluding steroid dienone is 1. The van der Waals surface area contributed by atoms with Gasteiger partial charge < -0.3 is 0 Å². The third-order valence-corrected chi connectivity index (χ3v) is 3.87. The van der Waals surface area contributed by atoms with Crippen molar-refractivity contribution in [1.82, 2.24) is 19.3 Å². The quantitative estimate of drug-likeness (QED) is 0.681. The highest BCUT2D eigenvalue weighted by molar-refractivity contribution is 6.33. The summed E-state index contributed by atoms with van der Waals surface area (Å²) >= 11 is 6.27. The van der Waals surface area contributed by atoms with Gasteiger partial charge in [0.1, 0.15) is 0 Å². The first kappa shape index (κ1) is 16.2. The molecule has 0 amide bonds. The van der Waals surface area contributed by atoms with Crippen molar-refractivity contribution in [1.29, 1.82) is 0 Å². The van der Waals surface area contributed by atoms with Gasteiger partial charge in [-0.05, 0) is 32.0 Å². The van der Waals surface area contributed by atoms with Crippen LogP contribution in [0.15, 0.2) is 59.7 Å². The molecule has 0 atom stereocenters. The Hall–Kier alpha value is -2.66. The van der Waals surface area contributed by atoms with Gasteiger partial charge in [0.05, 0.1) is 17.3 Å². The van der Waals surface area contributed by atoms with Crippen LogP contribution >= 0.6 is 11.6 Å². The Kier molecular flexibility index (Phi) is 4.36. The number of nitrogens with zero attached hydrogens (tertiary/aromatic N) is 4. The van der Waals surface area contributed by atoms with Gasteiger partial charge >= 0.3 is 5.69 Å². The molecule has 0 aliphatic heterocycles. The summed E-state index contributed by atoms with van der Waals surface area (Å²) in [6.07, 6.45) is 3.17. The molecule has 1 aromatic carbocycles. The maximum absolute atomic E-state index is 12.9. The monoisotopic (exact) mass is 340 g/mol. The van der Waals surface area contributed by atoms with Crippen LogP contribution in [0.25, 0.3) is 17.1 Å². The molecule has 0 saturated carbocycles. The smallest absolute Gasteiger partial charge is 0.263 e. The van der Waals surface area contributed by atoms with Gasteiger partial charge in [-0.3, -0.25) is 4.98 Å². The van der Waals surface area contributed by atoms with Crippen LogP contribution in [-0.4, -0.2) is 19.3 Å². The molecule has 0 fully saturated rings. The normalized spacial score (nSPS) is 10.8. The van der Waals surface area contributed by atoms with Crippen LogP contribution in [0.3, 0.4) is 0 Å². The van der Waals surface area contributed by atoms with Gasteiger partial charge in [-0.2, -0.15) is 0 Å². The zero-order valence-corrected chi connectivity index (χ0v) is 14.3. The zero-order valence-electron chi connectivity index (χ0n) is 13.5. The maximum Gasteiger partial charge on any atom is 0.351 e. The van der Waals surface area contributed by atoms with Crippen molar-refractivity contribution >= 4 is 11.6 Å². The Morgan fingerprint density at radius 3 is 2.58 bits per heavy atom. The third kappa shape index (κ3) is 3.03. The first-order valence-electron chi connectivity index (χ1n) is 7.48. The molecule has 2 aromatic heterocycles. The first-order chi connectivity index (χ1) is 11.5. The minimum Gasteiger partial charge on any atom is -0.263 e. The summed E-state index contributed by atoms with van der Waals surface area (Å²) in [7, 11) is 0. The van der Waals surface area contributed by atoms with Crippen LogP contribution in [-0.2, 0) is 6.54 Å². The molecule has 0 radical (unpaired) electrons. The molecule has 0 saturated heterocycles. The van der Waals surface area contributed by atoms with Crippen molar-refractivity contribution in [2.24, 2.45) is 0 Å². The third-order valence-electron chi connectivity index (χ3n) is 3.56. The van der Waals surface area contributed by atoms with Gasteiger partial charge in [-0.1, -0.05) is 41.4 Å². The number of aromatic nitrogens is 4. The summed E-state index contributed by atoms with van der Waals surface area (Å²) < 4.78 is 2.96. The van der Waals surface area contributed by atoms with E-state index in [0.717, 1.165) is 16.8 Å². The molecule has 0 aliphatic rings. The summed E-state index contributed by atoms with van der Waals surface area (Å²) in [6.45, 7) is 8.07. The van der Waals surface area contributed by atoms with E-state index >= 15 is 0 Å². The fourth-order valence-corrected chi connectivity index (χ4v) is 2.63. The predicted octanol–water partition coefficient (Wildman–Crippen LogP) is 3.63. The lowest BCUT2D eigenvalue weighted by Crippen LogP contribution is -2.24. The van der Waals surface area contributed by atoms with Gasteiger partial charge in [-0.25, -0.2) is 14.0 Å². The van der Waals surface area contributed by atoms with Gasteiger partial charge in [-0.15, -0.1) is 5.10 Å². The molecule has 0 aliphatic carbocycles. The van der Waals surface area contributed by atoms with Crippen LogP contribution in [0.1, 0.15) is 12.5 Å². The summed E-state index contributed by atoms with van der Waals surface area (Å²) in [5.74, 6) is 0.484. The van der Waals surface area contributed by atoms with E-state index in [4.69, 9.17) is 11.6 Å². The van der Waals surface area contributed by atoms with Crippen LogP contribution in [0.2, 0.25) is 5.02 Å². The topological polar surface area (TPSA) is 52.7 Å². The number of benzene rings is 1. The molecule has 3 rings (SSSR count). The van der Waals surface area contributed by atoms with E-state index in [1.54, 1.807) is 23.0 Å². The minimum atomic E-state index is -0.232. The second-order valence-corrected chi connectivity index (χ2v) is 6.15.